The molecule has 0 saturated carbocycles. The summed E-state index contributed by atoms with van der Waals surface area (Å²) in [6.45, 7) is 2.52. The summed E-state index contributed by atoms with van der Waals surface area (Å²) in [5.74, 6) is -0.193. The molecule has 2 aliphatic heterocycles. The predicted molar refractivity (Wildman–Crippen MR) is 114 cm³/mol. The number of nitrogens with zero attached hydrogens (tertiary/aromatic N) is 6. The number of piperazine rings is 1. The van der Waals surface area contributed by atoms with Crippen LogP contribution in [0.1, 0.15) is 5.56 Å². The lowest BCUT2D eigenvalue weighted by molar-refractivity contribution is -0.384. The van der Waals surface area contributed by atoms with E-state index >= 15 is 0 Å². The van der Waals surface area contributed by atoms with Gasteiger partial charge in [-0.15, -0.1) is 0 Å². The van der Waals surface area contributed by atoms with Crippen LogP contribution in [-0.2, 0) is 14.3 Å². The van der Waals surface area contributed by atoms with Crippen molar-refractivity contribution in [1.29, 1.82) is 0 Å². The van der Waals surface area contributed by atoms with Crippen molar-refractivity contribution in [3.8, 4) is 0 Å². The summed E-state index contributed by atoms with van der Waals surface area (Å²) < 4.78 is 5.05. The zero-order valence-corrected chi connectivity index (χ0v) is 17.5. The van der Waals surface area contributed by atoms with Gasteiger partial charge in [-0.2, -0.15) is 0 Å². The first kappa shape index (κ1) is 21.4. The lowest BCUT2D eigenvalue weighted by Crippen LogP contribution is -2.48. The molecule has 1 aromatic carbocycles. The highest BCUT2D eigenvalue weighted by molar-refractivity contribution is 6.35. The van der Waals surface area contributed by atoms with Gasteiger partial charge in [0, 0.05) is 57.8 Å². The summed E-state index contributed by atoms with van der Waals surface area (Å²) in [5, 5.41) is 11.0. The Balaban J connectivity index is 1.64. The van der Waals surface area contributed by atoms with Gasteiger partial charge in [0.15, 0.2) is 0 Å². The molecule has 11 heteroatoms. The number of nitro groups is 1. The molecule has 0 aliphatic carbocycles. The molecule has 1 fully saturated rings. The van der Waals surface area contributed by atoms with E-state index < -0.39 is 10.8 Å². The van der Waals surface area contributed by atoms with Gasteiger partial charge in [0.1, 0.15) is 5.70 Å². The number of non-ortho nitro benzene ring substituents is 1. The molecular weight excluding hydrogens is 416 g/mol. The molecule has 2 aromatic rings. The molecule has 1 aromatic heterocycles. The zero-order valence-electron chi connectivity index (χ0n) is 17.5. The number of carbonyl (C=O) groups is 2. The molecule has 11 nitrogen and oxygen atoms in total. The van der Waals surface area contributed by atoms with Crippen molar-refractivity contribution in [2.75, 3.05) is 51.3 Å². The maximum absolute atomic E-state index is 13.2. The Bertz CT molecular complexity index is 1050. The van der Waals surface area contributed by atoms with Gasteiger partial charge in [-0.3, -0.25) is 24.6 Å². The summed E-state index contributed by atoms with van der Waals surface area (Å²) in [6.07, 6.45) is 3.35. The molecule has 2 amide bonds. The molecule has 2 aliphatic rings. The quantitative estimate of drug-likeness (QED) is 0.353. The van der Waals surface area contributed by atoms with Gasteiger partial charge in [0.25, 0.3) is 17.5 Å². The first-order valence-corrected chi connectivity index (χ1v) is 10.1. The van der Waals surface area contributed by atoms with Crippen molar-refractivity contribution < 1.29 is 19.2 Å². The first-order chi connectivity index (χ1) is 15.5. The van der Waals surface area contributed by atoms with E-state index in [0.717, 1.165) is 0 Å². The predicted octanol–water partition coefficient (Wildman–Crippen LogP) is 0.933. The molecule has 0 unspecified atom stereocenters. The molecule has 0 spiro atoms. The highest BCUT2D eigenvalue weighted by Gasteiger charge is 2.42. The van der Waals surface area contributed by atoms with Crippen LogP contribution in [0.4, 0.5) is 11.6 Å². The minimum atomic E-state index is -0.504. The number of ether oxygens (including phenoxy) is 1. The fourth-order valence-corrected chi connectivity index (χ4v) is 3.84. The SMILES string of the molecule is COCCN1C(=O)C(c2ccc([N+](=O)[O-])cc2)=C(N2CCN(c3ncccn3)CC2)C1=O. The standard InChI is InChI=1S/C21H22N6O5/c1-32-14-13-26-19(28)17(15-3-5-16(6-4-15)27(30)31)18(20(26)29)24-9-11-25(12-10-24)21-22-7-2-8-23-21/h2-8H,9-14H2,1H3. The second-order valence-corrected chi connectivity index (χ2v) is 7.31. The third-order valence-electron chi connectivity index (χ3n) is 5.46. The molecule has 4 rings (SSSR count). The van der Waals surface area contributed by atoms with Gasteiger partial charge in [-0.05, 0) is 23.8 Å². The molecule has 3 heterocycles. The number of methoxy groups -OCH3 is 1. The number of anilines is 1. The van der Waals surface area contributed by atoms with Crippen LogP contribution in [0.2, 0.25) is 0 Å². The summed E-state index contributed by atoms with van der Waals surface area (Å²) in [7, 11) is 1.50. The van der Waals surface area contributed by atoms with Crippen molar-refractivity contribution in [3.05, 3.63) is 64.1 Å². The number of hydrogen-bond acceptors (Lipinski definition) is 9. The monoisotopic (exact) mass is 438 g/mol. The van der Waals surface area contributed by atoms with Crippen LogP contribution in [-0.4, -0.2) is 82.9 Å². The molecule has 1 saturated heterocycles. The van der Waals surface area contributed by atoms with E-state index in [0.29, 0.717) is 43.4 Å². The third kappa shape index (κ3) is 4.02. The summed E-state index contributed by atoms with van der Waals surface area (Å²) in [6, 6.07) is 7.43. The minimum Gasteiger partial charge on any atom is -0.383 e. The molecular formula is C21H22N6O5. The number of amides is 2. The van der Waals surface area contributed by atoms with Gasteiger partial charge in [0.2, 0.25) is 5.95 Å². The van der Waals surface area contributed by atoms with Crippen molar-refractivity contribution in [3.63, 3.8) is 0 Å². The molecule has 166 valence electrons. The molecule has 0 atom stereocenters. The van der Waals surface area contributed by atoms with Crippen LogP contribution >= 0.6 is 0 Å². The van der Waals surface area contributed by atoms with Crippen LogP contribution in [0.25, 0.3) is 5.57 Å². The Morgan fingerprint density at radius 2 is 1.62 bits per heavy atom. The number of aromatic nitrogens is 2. The van der Waals surface area contributed by atoms with E-state index in [1.807, 2.05) is 9.80 Å². The second kappa shape index (κ2) is 9.10. The molecule has 32 heavy (non-hydrogen) atoms. The largest absolute Gasteiger partial charge is 0.383 e. The topological polar surface area (TPSA) is 122 Å². The normalized spacial score (nSPS) is 16.8. The average Bonchev–Trinajstić information content (AvgIpc) is 3.07. The summed E-state index contributed by atoms with van der Waals surface area (Å²) in [5.41, 5.74) is 0.956. The lowest BCUT2D eigenvalue weighted by atomic mass is 10.0. The fraction of sp³-hybridized carbons (Fsp3) is 0.333. The van der Waals surface area contributed by atoms with E-state index in [1.54, 1.807) is 18.5 Å². The van der Waals surface area contributed by atoms with Gasteiger partial charge in [0.05, 0.1) is 23.6 Å². The Kier molecular flexibility index (Phi) is 6.08. The minimum absolute atomic E-state index is 0.0830. The van der Waals surface area contributed by atoms with Crippen LogP contribution in [0.5, 0.6) is 0 Å². The van der Waals surface area contributed by atoms with Crippen LogP contribution < -0.4 is 4.90 Å². The van der Waals surface area contributed by atoms with Crippen molar-refractivity contribution in [1.82, 2.24) is 19.8 Å². The van der Waals surface area contributed by atoms with E-state index in [2.05, 4.69) is 9.97 Å². The highest BCUT2D eigenvalue weighted by Crippen LogP contribution is 2.33. The van der Waals surface area contributed by atoms with Crippen LogP contribution in [0, 0.1) is 10.1 Å². The number of imide groups is 1. The van der Waals surface area contributed by atoms with Gasteiger partial charge in [-0.25, -0.2) is 9.97 Å². The maximum atomic E-state index is 13.2. The second-order valence-electron chi connectivity index (χ2n) is 7.31. The van der Waals surface area contributed by atoms with E-state index in [9.17, 15) is 19.7 Å². The Hall–Kier alpha value is -3.86. The summed E-state index contributed by atoms with van der Waals surface area (Å²) >= 11 is 0. The van der Waals surface area contributed by atoms with Crippen LogP contribution in [0.3, 0.4) is 0 Å². The number of benzene rings is 1. The smallest absolute Gasteiger partial charge is 0.277 e. The Morgan fingerprint density at radius 3 is 2.22 bits per heavy atom. The third-order valence-corrected chi connectivity index (χ3v) is 5.46. The van der Waals surface area contributed by atoms with Gasteiger partial charge >= 0.3 is 0 Å². The van der Waals surface area contributed by atoms with Gasteiger partial charge < -0.3 is 14.5 Å². The van der Waals surface area contributed by atoms with Crippen molar-refractivity contribution in [2.45, 2.75) is 0 Å². The van der Waals surface area contributed by atoms with E-state index in [1.165, 1.54) is 36.3 Å². The number of carbonyl (C=O) groups excluding carboxylic acids is 2. The number of nitro benzene ring substituents is 1. The summed E-state index contributed by atoms with van der Waals surface area (Å²) in [4.78, 5) is 50.5. The Labute approximate surface area is 184 Å². The molecule has 0 bridgehead atoms. The van der Waals surface area contributed by atoms with Crippen molar-refractivity contribution >= 4 is 29.0 Å². The van der Waals surface area contributed by atoms with Gasteiger partial charge in [-0.1, -0.05) is 0 Å². The fourth-order valence-electron chi connectivity index (χ4n) is 3.84. The molecule has 0 radical (unpaired) electrons. The van der Waals surface area contributed by atoms with E-state index in [-0.39, 0.29) is 30.3 Å². The van der Waals surface area contributed by atoms with Crippen LogP contribution in [0.15, 0.2) is 48.4 Å². The van der Waals surface area contributed by atoms with Crippen molar-refractivity contribution in [2.24, 2.45) is 0 Å². The number of rotatable bonds is 7. The first-order valence-electron chi connectivity index (χ1n) is 10.1. The average molecular weight is 438 g/mol. The van der Waals surface area contributed by atoms with E-state index in [4.69, 9.17) is 4.74 Å². The maximum Gasteiger partial charge on any atom is 0.277 e. The Morgan fingerprint density at radius 1 is 1.00 bits per heavy atom. The lowest BCUT2D eigenvalue weighted by Gasteiger charge is -2.36. The molecule has 0 N–H and O–H groups in total. The highest BCUT2D eigenvalue weighted by atomic mass is 16.6. The zero-order chi connectivity index (χ0) is 22.7. The number of hydrogen-bond donors (Lipinski definition) is 0.